The number of nitrogens with two attached hydrogens (primary N) is 1. The van der Waals surface area contributed by atoms with Crippen molar-refractivity contribution < 1.29 is 8.91 Å². The molecule has 0 saturated carbocycles. The minimum absolute atomic E-state index is 0.240. The Morgan fingerprint density at radius 3 is 2.75 bits per heavy atom. The van der Waals surface area contributed by atoms with Gasteiger partial charge in [-0.3, -0.25) is 0 Å². The first-order chi connectivity index (χ1) is 9.65. The topological polar surface area (TPSA) is 64.9 Å². The van der Waals surface area contributed by atoms with E-state index in [0.717, 1.165) is 0 Å². The van der Waals surface area contributed by atoms with Crippen LogP contribution < -0.4 is 5.73 Å². The first-order valence-corrected chi connectivity index (χ1v) is 6.17. The van der Waals surface area contributed by atoms with E-state index in [0.29, 0.717) is 27.7 Å². The van der Waals surface area contributed by atoms with Gasteiger partial charge in [0.25, 0.3) is 5.89 Å². The van der Waals surface area contributed by atoms with Crippen molar-refractivity contribution in [3.05, 3.63) is 53.3 Å². The lowest BCUT2D eigenvalue weighted by atomic mass is 10.2. The number of aromatic nitrogens is 2. The number of rotatable bonds is 2. The van der Waals surface area contributed by atoms with Crippen LogP contribution in [0.3, 0.4) is 0 Å². The van der Waals surface area contributed by atoms with Gasteiger partial charge in [-0.1, -0.05) is 35.0 Å². The number of hydrogen-bond donors (Lipinski definition) is 1. The maximum Gasteiger partial charge on any atom is 0.260 e. The Kier molecular flexibility index (Phi) is 3.12. The summed E-state index contributed by atoms with van der Waals surface area (Å²) in [5.41, 5.74) is 7.31. The smallest absolute Gasteiger partial charge is 0.260 e. The molecular weight excluding hydrogens is 281 g/mol. The van der Waals surface area contributed by atoms with Crippen LogP contribution in [0.1, 0.15) is 0 Å². The normalized spacial score (nSPS) is 10.7. The third-order valence-electron chi connectivity index (χ3n) is 2.79. The predicted molar refractivity (Wildman–Crippen MR) is 74.6 cm³/mol. The van der Waals surface area contributed by atoms with Crippen molar-refractivity contribution in [3.8, 4) is 22.8 Å². The van der Waals surface area contributed by atoms with Crippen LogP contribution in [-0.2, 0) is 0 Å². The van der Waals surface area contributed by atoms with Crippen LogP contribution in [0.5, 0.6) is 0 Å². The number of anilines is 1. The van der Waals surface area contributed by atoms with Crippen LogP contribution in [0.4, 0.5) is 10.1 Å². The third-order valence-corrected chi connectivity index (χ3v) is 3.12. The molecule has 6 heteroatoms. The van der Waals surface area contributed by atoms with Crippen LogP contribution in [0.2, 0.25) is 5.02 Å². The van der Waals surface area contributed by atoms with Crippen LogP contribution in [0, 0.1) is 5.82 Å². The summed E-state index contributed by atoms with van der Waals surface area (Å²) in [6.45, 7) is 0. The summed E-state index contributed by atoms with van der Waals surface area (Å²) in [5.74, 6) is 0.166. The molecule has 2 aromatic carbocycles. The number of benzene rings is 2. The lowest BCUT2D eigenvalue weighted by molar-refractivity contribution is 0.432. The number of para-hydroxylation sites is 1. The molecule has 0 aliphatic rings. The van der Waals surface area contributed by atoms with Crippen molar-refractivity contribution in [2.24, 2.45) is 0 Å². The SMILES string of the molecule is Nc1c(Cl)cccc1-c1nc(-c2cccc(F)c2)no1. The fourth-order valence-electron chi connectivity index (χ4n) is 1.80. The Bertz CT molecular complexity index is 773. The molecule has 0 aliphatic carbocycles. The number of nitrogens with zero attached hydrogens (tertiary/aromatic N) is 2. The summed E-state index contributed by atoms with van der Waals surface area (Å²) in [6, 6.07) is 11.1. The molecular formula is C14H9ClFN3O. The van der Waals surface area contributed by atoms with Gasteiger partial charge in [-0.15, -0.1) is 0 Å². The summed E-state index contributed by atoms with van der Waals surface area (Å²) in [4.78, 5) is 4.21. The van der Waals surface area contributed by atoms with E-state index in [1.165, 1.54) is 12.1 Å². The summed E-state index contributed by atoms with van der Waals surface area (Å²) >= 11 is 5.94. The quantitative estimate of drug-likeness (QED) is 0.729. The molecule has 3 rings (SSSR count). The van der Waals surface area contributed by atoms with E-state index in [1.54, 1.807) is 30.3 Å². The summed E-state index contributed by atoms with van der Waals surface area (Å²) in [5, 5.41) is 4.23. The Morgan fingerprint density at radius 1 is 1.15 bits per heavy atom. The summed E-state index contributed by atoms with van der Waals surface area (Å²) in [7, 11) is 0. The van der Waals surface area contributed by atoms with E-state index >= 15 is 0 Å². The first-order valence-electron chi connectivity index (χ1n) is 5.79. The lowest BCUT2D eigenvalue weighted by Gasteiger charge is -2.01. The van der Waals surface area contributed by atoms with E-state index in [2.05, 4.69) is 10.1 Å². The van der Waals surface area contributed by atoms with Gasteiger partial charge in [0.1, 0.15) is 5.82 Å². The van der Waals surface area contributed by atoms with Gasteiger partial charge in [-0.05, 0) is 24.3 Å². The molecule has 0 aliphatic heterocycles. The van der Waals surface area contributed by atoms with Crippen molar-refractivity contribution in [1.82, 2.24) is 10.1 Å². The summed E-state index contributed by atoms with van der Waals surface area (Å²) < 4.78 is 18.3. The zero-order chi connectivity index (χ0) is 14.1. The molecule has 1 heterocycles. The maximum absolute atomic E-state index is 13.2. The fourth-order valence-corrected chi connectivity index (χ4v) is 1.98. The molecule has 0 atom stereocenters. The molecule has 4 nitrogen and oxygen atoms in total. The predicted octanol–water partition coefficient (Wildman–Crippen LogP) is 3.78. The standard InChI is InChI=1S/C14H9ClFN3O/c15-11-6-2-5-10(12(11)17)14-18-13(19-20-14)8-3-1-4-9(16)7-8/h1-7H,17H2. The molecule has 0 radical (unpaired) electrons. The van der Waals surface area contributed by atoms with Crippen LogP contribution in [-0.4, -0.2) is 10.1 Å². The average molecular weight is 290 g/mol. The average Bonchev–Trinajstić information content (AvgIpc) is 2.91. The number of halogens is 2. The van der Waals surface area contributed by atoms with E-state index in [1.807, 2.05) is 0 Å². The Hall–Kier alpha value is -2.40. The van der Waals surface area contributed by atoms with Gasteiger partial charge in [0.15, 0.2) is 0 Å². The first kappa shape index (κ1) is 12.6. The van der Waals surface area contributed by atoms with Gasteiger partial charge in [0, 0.05) is 5.56 Å². The molecule has 0 bridgehead atoms. The van der Waals surface area contributed by atoms with Gasteiger partial charge in [0.2, 0.25) is 5.82 Å². The highest BCUT2D eigenvalue weighted by molar-refractivity contribution is 6.33. The highest BCUT2D eigenvalue weighted by atomic mass is 35.5. The molecule has 1 aromatic heterocycles. The monoisotopic (exact) mass is 289 g/mol. The van der Waals surface area contributed by atoms with Gasteiger partial charge >= 0.3 is 0 Å². The lowest BCUT2D eigenvalue weighted by Crippen LogP contribution is -1.91. The largest absolute Gasteiger partial charge is 0.397 e. The van der Waals surface area contributed by atoms with Gasteiger partial charge in [-0.2, -0.15) is 4.98 Å². The number of nitrogen functional groups attached to an aromatic ring is 1. The Labute approximate surface area is 119 Å². The molecule has 100 valence electrons. The van der Waals surface area contributed by atoms with Gasteiger partial charge in [-0.25, -0.2) is 4.39 Å². The van der Waals surface area contributed by atoms with Gasteiger partial charge < -0.3 is 10.3 Å². The molecule has 2 N–H and O–H groups in total. The van der Waals surface area contributed by atoms with Crippen molar-refractivity contribution >= 4 is 17.3 Å². The molecule has 0 spiro atoms. The fraction of sp³-hybridized carbons (Fsp3) is 0. The van der Waals surface area contributed by atoms with Gasteiger partial charge in [0.05, 0.1) is 16.3 Å². The van der Waals surface area contributed by atoms with E-state index in [4.69, 9.17) is 21.9 Å². The molecule has 0 amide bonds. The van der Waals surface area contributed by atoms with E-state index in [9.17, 15) is 4.39 Å². The zero-order valence-corrected chi connectivity index (χ0v) is 10.9. The second-order valence-corrected chi connectivity index (χ2v) is 4.54. The molecule has 0 fully saturated rings. The highest BCUT2D eigenvalue weighted by Crippen LogP contribution is 2.31. The summed E-state index contributed by atoms with van der Waals surface area (Å²) in [6.07, 6.45) is 0. The number of hydrogen-bond acceptors (Lipinski definition) is 4. The second kappa shape index (κ2) is 4.94. The zero-order valence-electron chi connectivity index (χ0n) is 10.2. The minimum atomic E-state index is -0.365. The highest BCUT2D eigenvalue weighted by Gasteiger charge is 2.14. The van der Waals surface area contributed by atoms with Crippen LogP contribution in [0.15, 0.2) is 47.0 Å². The van der Waals surface area contributed by atoms with Crippen LogP contribution >= 0.6 is 11.6 Å². The molecule has 0 saturated heterocycles. The minimum Gasteiger partial charge on any atom is -0.397 e. The second-order valence-electron chi connectivity index (χ2n) is 4.13. The Morgan fingerprint density at radius 2 is 1.95 bits per heavy atom. The Balaban J connectivity index is 2.04. The van der Waals surface area contributed by atoms with E-state index in [-0.39, 0.29) is 11.7 Å². The maximum atomic E-state index is 13.2. The molecule has 0 unspecified atom stereocenters. The van der Waals surface area contributed by atoms with Crippen molar-refractivity contribution in [3.63, 3.8) is 0 Å². The molecule has 20 heavy (non-hydrogen) atoms. The third kappa shape index (κ3) is 2.23. The van der Waals surface area contributed by atoms with Crippen molar-refractivity contribution in [2.75, 3.05) is 5.73 Å². The van der Waals surface area contributed by atoms with Crippen molar-refractivity contribution in [2.45, 2.75) is 0 Å². The van der Waals surface area contributed by atoms with Crippen LogP contribution in [0.25, 0.3) is 22.8 Å². The molecule has 3 aromatic rings. The van der Waals surface area contributed by atoms with Crippen molar-refractivity contribution in [1.29, 1.82) is 0 Å². The van der Waals surface area contributed by atoms with E-state index < -0.39 is 0 Å².